The van der Waals surface area contributed by atoms with Crippen LogP contribution in [0.2, 0.25) is 0 Å². The smallest absolute Gasteiger partial charge is 0.258 e. The van der Waals surface area contributed by atoms with Crippen molar-refractivity contribution in [2.75, 3.05) is 10.6 Å². The van der Waals surface area contributed by atoms with Crippen LogP contribution in [-0.2, 0) is 4.79 Å². The molecule has 2 aromatic carbocycles. The Bertz CT molecular complexity index is 941. The van der Waals surface area contributed by atoms with Crippen LogP contribution in [0.1, 0.15) is 28.5 Å². The molecule has 2 amide bonds. The summed E-state index contributed by atoms with van der Waals surface area (Å²) in [5.41, 5.74) is 4.82. The van der Waals surface area contributed by atoms with Crippen LogP contribution in [0.3, 0.4) is 0 Å². The maximum Gasteiger partial charge on any atom is 0.258 e. The van der Waals surface area contributed by atoms with Crippen molar-refractivity contribution in [1.82, 2.24) is 4.98 Å². The number of aromatic amines is 1. The zero-order chi connectivity index (χ0) is 17.3. The second-order valence-corrected chi connectivity index (χ2v) is 5.84. The molecule has 122 valence electrons. The van der Waals surface area contributed by atoms with E-state index in [1.165, 1.54) is 6.92 Å². The number of carbonyl (C=O) groups is 2. The minimum absolute atomic E-state index is 0.151. The van der Waals surface area contributed by atoms with E-state index in [0.29, 0.717) is 16.9 Å². The van der Waals surface area contributed by atoms with Crippen molar-refractivity contribution in [3.05, 3.63) is 59.3 Å². The molecule has 0 unspecified atom stereocenters. The molecule has 0 spiro atoms. The van der Waals surface area contributed by atoms with Gasteiger partial charge in [-0.15, -0.1) is 0 Å². The van der Waals surface area contributed by atoms with Gasteiger partial charge >= 0.3 is 0 Å². The van der Waals surface area contributed by atoms with Crippen molar-refractivity contribution in [2.24, 2.45) is 0 Å². The van der Waals surface area contributed by atoms with Crippen LogP contribution in [0.4, 0.5) is 11.4 Å². The maximum atomic E-state index is 12.7. The van der Waals surface area contributed by atoms with E-state index in [4.69, 9.17) is 0 Å². The molecule has 0 atom stereocenters. The van der Waals surface area contributed by atoms with Gasteiger partial charge in [0.2, 0.25) is 5.91 Å². The van der Waals surface area contributed by atoms with Gasteiger partial charge in [-0.3, -0.25) is 9.59 Å². The maximum absolute atomic E-state index is 12.7. The lowest BCUT2D eigenvalue weighted by Gasteiger charge is -2.08. The number of H-pyrrole nitrogens is 1. The first-order chi connectivity index (χ1) is 11.5. The predicted molar refractivity (Wildman–Crippen MR) is 96.5 cm³/mol. The Labute approximate surface area is 140 Å². The zero-order valence-electron chi connectivity index (χ0n) is 13.9. The summed E-state index contributed by atoms with van der Waals surface area (Å²) in [5, 5.41) is 6.51. The van der Waals surface area contributed by atoms with Crippen molar-refractivity contribution in [2.45, 2.75) is 20.8 Å². The number of rotatable bonds is 3. The van der Waals surface area contributed by atoms with Gasteiger partial charge in [-0.25, -0.2) is 0 Å². The van der Waals surface area contributed by atoms with E-state index in [1.54, 1.807) is 24.3 Å². The largest absolute Gasteiger partial charge is 0.358 e. The minimum Gasteiger partial charge on any atom is -0.358 e. The highest BCUT2D eigenvalue weighted by molar-refractivity contribution is 6.14. The summed E-state index contributed by atoms with van der Waals surface area (Å²) in [4.78, 5) is 27.2. The Morgan fingerprint density at radius 1 is 0.958 bits per heavy atom. The standard InChI is InChI=1S/C19H19N3O2/c1-11-6-4-9-16-17(12(2)20-18(11)16)19(24)22-15-8-5-7-14(10-15)21-13(3)23/h4-10,20H,1-3H3,(H,21,23)(H,22,24). The molecular weight excluding hydrogens is 302 g/mol. The molecule has 0 fully saturated rings. The molecule has 0 radical (unpaired) electrons. The van der Waals surface area contributed by atoms with E-state index in [1.807, 2.05) is 32.0 Å². The van der Waals surface area contributed by atoms with Crippen molar-refractivity contribution in [3.63, 3.8) is 0 Å². The SMILES string of the molecule is CC(=O)Nc1cccc(NC(=O)c2c(C)[nH]c3c(C)cccc23)c1. The minimum atomic E-state index is -0.177. The molecule has 0 saturated carbocycles. The summed E-state index contributed by atoms with van der Waals surface area (Å²) >= 11 is 0. The third kappa shape index (κ3) is 3.01. The average molecular weight is 321 g/mol. The summed E-state index contributed by atoms with van der Waals surface area (Å²) in [7, 11) is 0. The normalized spacial score (nSPS) is 10.6. The van der Waals surface area contributed by atoms with Crippen molar-refractivity contribution in [3.8, 4) is 0 Å². The topological polar surface area (TPSA) is 74.0 Å². The summed E-state index contributed by atoms with van der Waals surface area (Å²) in [6.07, 6.45) is 0. The van der Waals surface area contributed by atoms with Gasteiger partial charge in [-0.2, -0.15) is 0 Å². The number of aromatic nitrogens is 1. The second kappa shape index (κ2) is 6.20. The number of carbonyl (C=O) groups excluding carboxylic acids is 2. The molecule has 5 nitrogen and oxygen atoms in total. The van der Waals surface area contributed by atoms with Crippen molar-refractivity contribution in [1.29, 1.82) is 0 Å². The number of fused-ring (bicyclic) bond motifs is 1. The summed E-state index contributed by atoms with van der Waals surface area (Å²) in [5.74, 6) is -0.328. The van der Waals surface area contributed by atoms with E-state index in [9.17, 15) is 9.59 Å². The van der Waals surface area contributed by atoms with Gasteiger partial charge in [0.1, 0.15) is 0 Å². The van der Waals surface area contributed by atoms with Crippen molar-refractivity contribution < 1.29 is 9.59 Å². The van der Waals surface area contributed by atoms with Crippen LogP contribution in [0.25, 0.3) is 10.9 Å². The fraction of sp³-hybridized carbons (Fsp3) is 0.158. The Balaban J connectivity index is 1.92. The summed E-state index contributed by atoms with van der Waals surface area (Å²) in [6, 6.07) is 13.0. The summed E-state index contributed by atoms with van der Waals surface area (Å²) in [6.45, 7) is 5.35. The van der Waals surface area contributed by atoms with Crippen molar-refractivity contribution >= 4 is 34.1 Å². The molecule has 0 aliphatic carbocycles. The van der Waals surface area contributed by atoms with E-state index in [2.05, 4.69) is 15.6 Å². The number of anilines is 2. The number of aryl methyl sites for hydroxylation is 2. The highest BCUT2D eigenvalue weighted by Crippen LogP contribution is 2.26. The molecule has 3 aromatic rings. The lowest BCUT2D eigenvalue weighted by Crippen LogP contribution is -2.13. The number of benzene rings is 2. The fourth-order valence-corrected chi connectivity index (χ4v) is 2.86. The molecule has 0 aliphatic rings. The molecule has 0 aliphatic heterocycles. The lowest BCUT2D eigenvalue weighted by molar-refractivity contribution is -0.114. The predicted octanol–water partition coefficient (Wildman–Crippen LogP) is 4.00. The van der Waals surface area contributed by atoms with Gasteiger partial charge in [0.05, 0.1) is 5.56 Å². The van der Waals surface area contributed by atoms with Crippen LogP contribution in [0.15, 0.2) is 42.5 Å². The van der Waals surface area contributed by atoms with Crippen LogP contribution < -0.4 is 10.6 Å². The quantitative estimate of drug-likeness (QED) is 0.682. The van der Waals surface area contributed by atoms with E-state index >= 15 is 0 Å². The molecule has 5 heteroatoms. The molecule has 0 saturated heterocycles. The van der Waals surface area contributed by atoms with E-state index < -0.39 is 0 Å². The number of amides is 2. The molecule has 24 heavy (non-hydrogen) atoms. The second-order valence-electron chi connectivity index (χ2n) is 5.84. The van der Waals surface area contributed by atoms with Crippen LogP contribution in [-0.4, -0.2) is 16.8 Å². The Kier molecular flexibility index (Phi) is 4.08. The fourth-order valence-electron chi connectivity index (χ4n) is 2.86. The molecule has 1 heterocycles. The van der Waals surface area contributed by atoms with Crippen LogP contribution in [0.5, 0.6) is 0 Å². The van der Waals surface area contributed by atoms with E-state index in [-0.39, 0.29) is 11.8 Å². The van der Waals surface area contributed by atoms with Crippen LogP contribution >= 0.6 is 0 Å². The van der Waals surface area contributed by atoms with Gasteiger partial charge in [0.25, 0.3) is 5.91 Å². The Morgan fingerprint density at radius 2 is 1.62 bits per heavy atom. The van der Waals surface area contributed by atoms with Gasteiger partial charge in [-0.05, 0) is 37.6 Å². The highest BCUT2D eigenvalue weighted by atomic mass is 16.2. The summed E-state index contributed by atoms with van der Waals surface area (Å²) < 4.78 is 0. The van der Waals surface area contributed by atoms with Gasteiger partial charge < -0.3 is 15.6 Å². The third-order valence-electron chi connectivity index (χ3n) is 3.90. The first-order valence-electron chi connectivity index (χ1n) is 7.72. The number of hydrogen-bond acceptors (Lipinski definition) is 2. The third-order valence-corrected chi connectivity index (χ3v) is 3.90. The Morgan fingerprint density at radius 3 is 2.33 bits per heavy atom. The molecule has 3 N–H and O–H groups in total. The van der Waals surface area contributed by atoms with Crippen LogP contribution in [0, 0.1) is 13.8 Å². The van der Waals surface area contributed by atoms with E-state index in [0.717, 1.165) is 22.2 Å². The zero-order valence-corrected chi connectivity index (χ0v) is 13.9. The Hall–Kier alpha value is -3.08. The lowest BCUT2D eigenvalue weighted by atomic mass is 10.1. The monoisotopic (exact) mass is 321 g/mol. The number of nitrogens with one attached hydrogen (secondary N) is 3. The van der Waals surface area contributed by atoms with Gasteiger partial charge in [0.15, 0.2) is 0 Å². The molecule has 3 rings (SSSR count). The van der Waals surface area contributed by atoms with Gasteiger partial charge in [0, 0.05) is 34.9 Å². The highest BCUT2D eigenvalue weighted by Gasteiger charge is 2.17. The molecule has 0 bridgehead atoms. The first-order valence-corrected chi connectivity index (χ1v) is 7.72. The van der Waals surface area contributed by atoms with Gasteiger partial charge in [-0.1, -0.05) is 24.3 Å². The number of para-hydroxylation sites is 1. The average Bonchev–Trinajstić information content (AvgIpc) is 2.84. The molecule has 1 aromatic heterocycles. The molecular formula is C19H19N3O2. The first kappa shape index (κ1) is 15.8. The number of hydrogen-bond donors (Lipinski definition) is 3.